The van der Waals surface area contributed by atoms with Gasteiger partial charge in [0, 0.05) is 17.8 Å². The number of nitrogens with one attached hydrogen (secondary N) is 1. The van der Waals surface area contributed by atoms with Gasteiger partial charge in [-0.1, -0.05) is 18.7 Å². The van der Waals surface area contributed by atoms with Crippen molar-refractivity contribution in [3.8, 4) is 0 Å². The van der Waals surface area contributed by atoms with E-state index < -0.39 is 0 Å². The lowest BCUT2D eigenvalue weighted by molar-refractivity contribution is 0.473. The molecular formula is C13H17N3O2S. The van der Waals surface area contributed by atoms with Crippen molar-refractivity contribution in [3.05, 3.63) is 46.3 Å². The highest BCUT2D eigenvalue weighted by Crippen LogP contribution is 2.36. The van der Waals surface area contributed by atoms with Crippen molar-refractivity contribution in [2.75, 3.05) is 0 Å². The molecule has 0 aliphatic heterocycles. The SMILES string of the molecule is CCC(N)C(Sc1nc(C)cc(=O)[nH]1)c1ccco1. The average Bonchev–Trinajstić information content (AvgIpc) is 2.87. The molecule has 2 unspecified atom stereocenters. The number of furan rings is 1. The summed E-state index contributed by atoms with van der Waals surface area (Å²) < 4.78 is 5.43. The Kier molecular flexibility index (Phi) is 4.44. The number of nitrogens with two attached hydrogens (primary N) is 1. The molecule has 5 nitrogen and oxygen atoms in total. The summed E-state index contributed by atoms with van der Waals surface area (Å²) in [5.41, 5.74) is 6.67. The fourth-order valence-electron chi connectivity index (χ4n) is 1.75. The van der Waals surface area contributed by atoms with E-state index in [1.807, 2.05) is 19.1 Å². The average molecular weight is 279 g/mol. The van der Waals surface area contributed by atoms with E-state index in [2.05, 4.69) is 9.97 Å². The molecular weight excluding hydrogens is 262 g/mol. The maximum atomic E-state index is 11.5. The van der Waals surface area contributed by atoms with E-state index in [4.69, 9.17) is 10.2 Å². The van der Waals surface area contributed by atoms with Gasteiger partial charge >= 0.3 is 0 Å². The summed E-state index contributed by atoms with van der Waals surface area (Å²) in [7, 11) is 0. The highest BCUT2D eigenvalue weighted by atomic mass is 32.2. The largest absolute Gasteiger partial charge is 0.468 e. The van der Waals surface area contributed by atoms with Gasteiger partial charge in [-0.15, -0.1) is 0 Å². The molecule has 2 aromatic heterocycles. The van der Waals surface area contributed by atoms with Gasteiger partial charge in [-0.2, -0.15) is 0 Å². The number of aryl methyl sites for hydroxylation is 1. The van der Waals surface area contributed by atoms with E-state index in [0.29, 0.717) is 10.9 Å². The van der Waals surface area contributed by atoms with Gasteiger partial charge in [0.1, 0.15) is 5.76 Å². The summed E-state index contributed by atoms with van der Waals surface area (Å²) in [5, 5.41) is 0.500. The molecule has 0 aliphatic rings. The molecule has 6 heteroatoms. The minimum Gasteiger partial charge on any atom is -0.468 e. The molecule has 0 radical (unpaired) electrons. The first kappa shape index (κ1) is 13.9. The van der Waals surface area contributed by atoms with Crippen LogP contribution in [0, 0.1) is 6.92 Å². The number of H-pyrrole nitrogens is 1. The maximum Gasteiger partial charge on any atom is 0.251 e. The number of nitrogens with zero attached hydrogens (tertiary/aromatic N) is 1. The number of hydrogen-bond acceptors (Lipinski definition) is 5. The minimum absolute atomic E-state index is 0.0649. The molecule has 2 rings (SSSR count). The quantitative estimate of drug-likeness (QED) is 0.647. The first-order valence-corrected chi connectivity index (χ1v) is 7.01. The predicted octanol–water partition coefficient (Wildman–Crippen LogP) is 2.24. The Labute approximate surface area is 115 Å². The molecule has 0 fully saturated rings. The van der Waals surface area contributed by atoms with Crippen LogP contribution in [0.5, 0.6) is 0 Å². The Morgan fingerprint density at radius 2 is 2.37 bits per heavy atom. The molecule has 2 heterocycles. The molecule has 2 atom stereocenters. The summed E-state index contributed by atoms with van der Waals surface area (Å²) >= 11 is 1.42. The van der Waals surface area contributed by atoms with Crippen LogP contribution in [0.2, 0.25) is 0 Å². The van der Waals surface area contributed by atoms with Gasteiger partial charge in [0.2, 0.25) is 0 Å². The van der Waals surface area contributed by atoms with E-state index in [9.17, 15) is 4.79 Å². The number of aromatic amines is 1. The predicted molar refractivity (Wildman–Crippen MR) is 75.2 cm³/mol. The molecule has 3 N–H and O–H groups in total. The Morgan fingerprint density at radius 3 is 2.95 bits per heavy atom. The van der Waals surface area contributed by atoms with Gasteiger partial charge in [-0.05, 0) is 25.5 Å². The lowest BCUT2D eigenvalue weighted by Crippen LogP contribution is -2.25. The summed E-state index contributed by atoms with van der Waals surface area (Å²) in [4.78, 5) is 18.5. The normalized spacial score (nSPS) is 14.3. The van der Waals surface area contributed by atoms with Crippen LogP contribution in [0.3, 0.4) is 0 Å². The molecule has 0 bridgehead atoms. The van der Waals surface area contributed by atoms with Crippen molar-refractivity contribution < 1.29 is 4.42 Å². The fourth-order valence-corrected chi connectivity index (χ4v) is 2.97. The van der Waals surface area contributed by atoms with Crippen LogP contribution in [0.1, 0.15) is 30.0 Å². The van der Waals surface area contributed by atoms with Gasteiger partial charge in [0.05, 0.1) is 11.5 Å². The molecule has 0 saturated carbocycles. The van der Waals surface area contributed by atoms with Gasteiger partial charge < -0.3 is 15.1 Å². The van der Waals surface area contributed by atoms with Crippen molar-refractivity contribution in [2.24, 2.45) is 5.73 Å². The van der Waals surface area contributed by atoms with Crippen molar-refractivity contribution >= 4 is 11.8 Å². The van der Waals surface area contributed by atoms with E-state index >= 15 is 0 Å². The molecule has 0 aliphatic carbocycles. The lowest BCUT2D eigenvalue weighted by atomic mass is 10.1. The van der Waals surface area contributed by atoms with Crippen molar-refractivity contribution in [1.82, 2.24) is 9.97 Å². The third kappa shape index (κ3) is 3.48. The third-order valence-electron chi connectivity index (χ3n) is 2.77. The molecule has 19 heavy (non-hydrogen) atoms. The summed E-state index contributed by atoms with van der Waals surface area (Å²) in [6, 6.07) is 5.12. The van der Waals surface area contributed by atoms with Crippen LogP contribution in [-0.2, 0) is 0 Å². The lowest BCUT2D eigenvalue weighted by Gasteiger charge is -2.19. The van der Waals surface area contributed by atoms with Gasteiger partial charge in [0.25, 0.3) is 5.56 Å². The smallest absolute Gasteiger partial charge is 0.251 e. The van der Waals surface area contributed by atoms with Gasteiger partial charge in [0.15, 0.2) is 5.16 Å². The van der Waals surface area contributed by atoms with Crippen LogP contribution in [0.25, 0.3) is 0 Å². The molecule has 0 amide bonds. The molecule has 0 aromatic carbocycles. The topological polar surface area (TPSA) is 84.9 Å². The van der Waals surface area contributed by atoms with Crippen molar-refractivity contribution in [1.29, 1.82) is 0 Å². The summed E-state index contributed by atoms with van der Waals surface area (Å²) in [6.07, 6.45) is 2.44. The Morgan fingerprint density at radius 1 is 1.58 bits per heavy atom. The van der Waals surface area contributed by atoms with Gasteiger partial charge in [-0.25, -0.2) is 4.98 Å². The molecule has 0 saturated heterocycles. The van der Waals surface area contributed by atoms with E-state index in [1.165, 1.54) is 17.8 Å². The van der Waals surface area contributed by atoms with Crippen LogP contribution < -0.4 is 11.3 Å². The van der Waals surface area contributed by atoms with E-state index in [0.717, 1.165) is 12.2 Å². The Hall–Kier alpha value is -1.53. The highest BCUT2D eigenvalue weighted by Gasteiger charge is 2.23. The van der Waals surface area contributed by atoms with Crippen LogP contribution in [-0.4, -0.2) is 16.0 Å². The first-order valence-electron chi connectivity index (χ1n) is 6.13. The zero-order valence-corrected chi connectivity index (χ0v) is 11.7. The zero-order valence-electron chi connectivity index (χ0n) is 10.9. The Bertz CT molecular complexity index is 580. The number of aromatic nitrogens is 2. The van der Waals surface area contributed by atoms with E-state index in [1.54, 1.807) is 13.2 Å². The van der Waals surface area contributed by atoms with Crippen LogP contribution in [0.4, 0.5) is 0 Å². The monoisotopic (exact) mass is 279 g/mol. The zero-order chi connectivity index (χ0) is 13.8. The van der Waals surface area contributed by atoms with Crippen LogP contribution in [0.15, 0.2) is 38.8 Å². The second kappa shape index (κ2) is 6.08. The number of rotatable bonds is 5. The molecule has 102 valence electrons. The standard InChI is InChI=1S/C13H17N3O2S/c1-3-9(14)12(10-5-4-6-18-10)19-13-15-8(2)7-11(17)16-13/h4-7,9,12H,3,14H2,1-2H3,(H,15,16,17). The second-order valence-electron chi connectivity index (χ2n) is 4.32. The van der Waals surface area contributed by atoms with Crippen LogP contribution >= 0.6 is 11.8 Å². The summed E-state index contributed by atoms with van der Waals surface area (Å²) in [6.45, 7) is 3.81. The molecule has 0 spiro atoms. The second-order valence-corrected chi connectivity index (χ2v) is 5.45. The molecule has 2 aromatic rings. The summed E-state index contributed by atoms with van der Waals surface area (Å²) in [5.74, 6) is 0.795. The van der Waals surface area contributed by atoms with E-state index in [-0.39, 0.29) is 16.9 Å². The minimum atomic E-state index is -0.154. The number of thioether (sulfide) groups is 1. The maximum absolute atomic E-state index is 11.5. The van der Waals surface area contributed by atoms with Gasteiger partial charge in [-0.3, -0.25) is 4.79 Å². The van der Waals surface area contributed by atoms with Crippen molar-refractivity contribution in [3.63, 3.8) is 0 Å². The Balaban J connectivity index is 2.27. The first-order chi connectivity index (χ1) is 9.10. The number of hydrogen-bond donors (Lipinski definition) is 2. The van der Waals surface area contributed by atoms with Crippen molar-refractivity contribution in [2.45, 2.75) is 36.7 Å². The fraction of sp³-hybridized carbons (Fsp3) is 0.385. The highest BCUT2D eigenvalue weighted by molar-refractivity contribution is 7.99. The third-order valence-corrected chi connectivity index (χ3v) is 4.02.